The van der Waals surface area contributed by atoms with E-state index in [9.17, 15) is 9.59 Å². The van der Waals surface area contributed by atoms with Crippen molar-refractivity contribution in [3.63, 3.8) is 0 Å². The summed E-state index contributed by atoms with van der Waals surface area (Å²) in [7, 11) is 0. The van der Waals surface area contributed by atoms with E-state index in [0.717, 1.165) is 12.1 Å². The standard InChI is InChI=1S/C20H24N2O2/c1-4-5-19(23)21-17-10-12-18(13-11-17)22-20(24)16-8-6-15(7-9-16)14(2)3/h6-14H,4-5H2,1-3H3,(H,21,23)(H,22,24). The maximum atomic E-state index is 12.3. The van der Waals surface area contributed by atoms with Crippen molar-refractivity contribution in [2.45, 2.75) is 39.5 Å². The van der Waals surface area contributed by atoms with Gasteiger partial charge in [-0.05, 0) is 54.3 Å². The molecule has 0 radical (unpaired) electrons. The fourth-order valence-corrected chi connectivity index (χ4v) is 2.31. The Balaban J connectivity index is 1.97. The van der Waals surface area contributed by atoms with Crippen LogP contribution in [-0.2, 0) is 4.79 Å². The zero-order valence-electron chi connectivity index (χ0n) is 14.4. The zero-order chi connectivity index (χ0) is 17.5. The topological polar surface area (TPSA) is 58.2 Å². The van der Waals surface area contributed by atoms with Gasteiger partial charge in [0.1, 0.15) is 0 Å². The first kappa shape index (κ1) is 17.7. The summed E-state index contributed by atoms with van der Waals surface area (Å²) in [6.07, 6.45) is 1.32. The number of carbonyl (C=O) groups excluding carboxylic acids is 2. The average Bonchev–Trinajstić information content (AvgIpc) is 2.57. The van der Waals surface area contributed by atoms with Gasteiger partial charge in [-0.1, -0.05) is 32.9 Å². The molecule has 0 fully saturated rings. The Kier molecular flexibility index (Phi) is 6.13. The summed E-state index contributed by atoms with van der Waals surface area (Å²) in [5.74, 6) is 0.296. The minimum Gasteiger partial charge on any atom is -0.326 e. The Morgan fingerprint density at radius 3 is 1.92 bits per heavy atom. The highest BCUT2D eigenvalue weighted by atomic mass is 16.2. The van der Waals surface area contributed by atoms with E-state index in [4.69, 9.17) is 0 Å². The Morgan fingerprint density at radius 2 is 1.42 bits per heavy atom. The summed E-state index contributed by atoms with van der Waals surface area (Å²) < 4.78 is 0. The van der Waals surface area contributed by atoms with Crippen molar-refractivity contribution in [2.24, 2.45) is 0 Å². The minimum atomic E-state index is -0.145. The number of nitrogens with one attached hydrogen (secondary N) is 2. The highest BCUT2D eigenvalue weighted by molar-refractivity contribution is 6.04. The summed E-state index contributed by atoms with van der Waals surface area (Å²) in [4.78, 5) is 23.8. The van der Waals surface area contributed by atoms with Crippen LogP contribution in [0.5, 0.6) is 0 Å². The molecule has 2 N–H and O–H groups in total. The maximum absolute atomic E-state index is 12.3. The molecule has 0 saturated carbocycles. The van der Waals surface area contributed by atoms with Gasteiger partial charge in [0, 0.05) is 23.4 Å². The fourth-order valence-electron chi connectivity index (χ4n) is 2.31. The molecule has 4 nitrogen and oxygen atoms in total. The SMILES string of the molecule is CCCC(=O)Nc1ccc(NC(=O)c2ccc(C(C)C)cc2)cc1. The summed E-state index contributed by atoms with van der Waals surface area (Å²) in [5.41, 5.74) is 3.26. The van der Waals surface area contributed by atoms with Crippen LogP contribution in [0.15, 0.2) is 48.5 Å². The molecular formula is C20H24N2O2. The molecule has 0 aromatic heterocycles. The lowest BCUT2D eigenvalue weighted by Gasteiger charge is -2.09. The van der Waals surface area contributed by atoms with Gasteiger partial charge >= 0.3 is 0 Å². The quantitative estimate of drug-likeness (QED) is 0.802. The van der Waals surface area contributed by atoms with E-state index >= 15 is 0 Å². The van der Waals surface area contributed by atoms with Gasteiger partial charge in [-0.25, -0.2) is 0 Å². The second kappa shape index (κ2) is 8.29. The number of hydrogen-bond acceptors (Lipinski definition) is 2. The van der Waals surface area contributed by atoms with E-state index in [1.165, 1.54) is 5.56 Å². The molecule has 0 atom stereocenters. The van der Waals surface area contributed by atoms with E-state index in [1.54, 1.807) is 24.3 Å². The number of rotatable bonds is 6. The van der Waals surface area contributed by atoms with Crippen molar-refractivity contribution >= 4 is 23.2 Å². The first-order valence-electron chi connectivity index (χ1n) is 8.31. The summed E-state index contributed by atoms with van der Waals surface area (Å²) in [5, 5.41) is 5.68. The Bertz CT molecular complexity index is 689. The van der Waals surface area contributed by atoms with Crippen LogP contribution in [-0.4, -0.2) is 11.8 Å². The highest BCUT2D eigenvalue weighted by Gasteiger charge is 2.07. The molecule has 0 saturated heterocycles. The van der Waals surface area contributed by atoms with Gasteiger partial charge in [0.05, 0.1) is 0 Å². The second-order valence-electron chi connectivity index (χ2n) is 6.11. The predicted molar refractivity (Wildman–Crippen MR) is 98.5 cm³/mol. The van der Waals surface area contributed by atoms with Crippen LogP contribution in [0.4, 0.5) is 11.4 Å². The Labute approximate surface area is 143 Å². The van der Waals surface area contributed by atoms with Gasteiger partial charge in [0.2, 0.25) is 5.91 Å². The van der Waals surface area contributed by atoms with Crippen molar-refractivity contribution in [2.75, 3.05) is 10.6 Å². The molecule has 2 amide bonds. The molecule has 0 aliphatic rings. The number of anilines is 2. The lowest BCUT2D eigenvalue weighted by molar-refractivity contribution is -0.116. The summed E-state index contributed by atoms with van der Waals surface area (Å²) in [6, 6.07) is 14.8. The van der Waals surface area contributed by atoms with Crippen LogP contribution in [0, 0.1) is 0 Å². The van der Waals surface area contributed by atoms with Crippen LogP contribution in [0.3, 0.4) is 0 Å². The molecule has 4 heteroatoms. The largest absolute Gasteiger partial charge is 0.326 e. The predicted octanol–water partition coefficient (Wildman–Crippen LogP) is 4.80. The lowest BCUT2D eigenvalue weighted by atomic mass is 10.0. The van der Waals surface area contributed by atoms with Crippen LogP contribution < -0.4 is 10.6 Å². The number of amides is 2. The molecular weight excluding hydrogens is 300 g/mol. The van der Waals surface area contributed by atoms with Gasteiger partial charge in [-0.3, -0.25) is 9.59 Å². The first-order valence-corrected chi connectivity index (χ1v) is 8.31. The monoisotopic (exact) mass is 324 g/mol. The van der Waals surface area contributed by atoms with Crippen LogP contribution in [0.1, 0.15) is 55.5 Å². The smallest absolute Gasteiger partial charge is 0.255 e. The van der Waals surface area contributed by atoms with E-state index in [2.05, 4.69) is 24.5 Å². The van der Waals surface area contributed by atoms with E-state index in [-0.39, 0.29) is 11.8 Å². The van der Waals surface area contributed by atoms with Gasteiger partial charge in [-0.2, -0.15) is 0 Å². The minimum absolute atomic E-state index is 0.000437. The molecule has 0 spiro atoms. The van der Waals surface area contributed by atoms with Gasteiger partial charge in [0.15, 0.2) is 0 Å². The molecule has 0 unspecified atom stereocenters. The van der Waals surface area contributed by atoms with Crippen molar-refractivity contribution in [1.82, 2.24) is 0 Å². The van der Waals surface area contributed by atoms with Gasteiger partial charge in [-0.15, -0.1) is 0 Å². The van der Waals surface area contributed by atoms with Gasteiger partial charge in [0.25, 0.3) is 5.91 Å². The summed E-state index contributed by atoms with van der Waals surface area (Å²) >= 11 is 0. The van der Waals surface area contributed by atoms with Crippen molar-refractivity contribution in [3.05, 3.63) is 59.7 Å². The first-order chi connectivity index (χ1) is 11.5. The molecule has 2 rings (SSSR count). The molecule has 0 aliphatic heterocycles. The van der Waals surface area contributed by atoms with Crippen molar-refractivity contribution < 1.29 is 9.59 Å². The maximum Gasteiger partial charge on any atom is 0.255 e. The Morgan fingerprint density at radius 1 is 0.875 bits per heavy atom. The molecule has 0 bridgehead atoms. The normalized spacial score (nSPS) is 10.5. The molecule has 24 heavy (non-hydrogen) atoms. The van der Waals surface area contributed by atoms with Crippen LogP contribution in [0.2, 0.25) is 0 Å². The molecule has 2 aromatic rings. The third kappa shape index (κ3) is 4.95. The van der Waals surface area contributed by atoms with Crippen molar-refractivity contribution in [3.8, 4) is 0 Å². The molecule has 2 aromatic carbocycles. The number of carbonyl (C=O) groups is 2. The average molecular weight is 324 g/mol. The molecule has 0 aliphatic carbocycles. The highest BCUT2D eigenvalue weighted by Crippen LogP contribution is 2.17. The zero-order valence-corrected chi connectivity index (χ0v) is 14.4. The van der Waals surface area contributed by atoms with E-state index in [1.807, 2.05) is 31.2 Å². The third-order valence-corrected chi connectivity index (χ3v) is 3.74. The second-order valence-corrected chi connectivity index (χ2v) is 6.11. The van der Waals surface area contributed by atoms with E-state index in [0.29, 0.717) is 23.6 Å². The molecule has 0 heterocycles. The fraction of sp³-hybridized carbons (Fsp3) is 0.300. The van der Waals surface area contributed by atoms with Crippen molar-refractivity contribution in [1.29, 1.82) is 0 Å². The molecule has 126 valence electrons. The van der Waals surface area contributed by atoms with E-state index < -0.39 is 0 Å². The Hall–Kier alpha value is -2.62. The van der Waals surface area contributed by atoms with Crippen LogP contribution in [0.25, 0.3) is 0 Å². The lowest BCUT2D eigenvalue weighted by Crippen LogP contribution is -2.13. The van der Waals surface area contributed by atoms with Crippen LogP contribution >= 0.6 is 0 Å². The third-order valence-electron chi connectivity index (χ3n) is 3.74. The summed E-state index contributed by atoms with van der Waals surface area (Å²) in [6.45, 7) is 6.21. The van der Waals surface area contributed by atoms with Gasteiger partial charge < -0.3 is 10.6 Å². The number of hydrogen-bond donors (Lipinski definition) is 2. The number of benzene rings is 2.